The third-order valence-corrected chi connectivity index (χ3v) is 3.43. The minimum atomic E-state index is 0.536. The van der Waals surface area contributed by atoms with Crippen molar-refractivity contribution in [2.45, 2.75) is 97.8 Å². The highest BCUT2D eigenvalue weighted by Gasteiger charge is 2.08. The molecule has 0 aromatic heterocycles. The van der Waals surface area contributed by atoms with Crippen molar-refractivity contribution in [3.05, 3.63) is 6.92 Å². The summed E-state index contributed by atoms with van der Waals surface area (Å²) in [5.74, 6) is 0. The minimum Gasteiger partial charge on any atom is -0.0602 e. The van der Waals surface area contributed by atoms with Gasteiger partial charge in [-0.15, -0.1) is 0 Å². The van der Waals surface area contributed by atoms with Crippen molar-refractivity contribution < 1.29 is 0 Å². The molecule has 0 spiro atoms. The van der Waals surface area contributed by atoms with E-state index in [9.17, 15) is 0 Å². The average Bonchev–Trinajstić information content (AvgIpc) is 2.24. The smallest absolute Gasteiger partial charge is 0.0383 e. The SMILES string of the molecule is [CH2]CCCCCCCCCCCCC(C)(C)C. The molecule has 0 heteroatoms. The lowest BCUT2D eigenvalue weighted by Gasteiger charge is -2.17. The van der Waals surface area contributed by atoms with Crippen molar-refractivity contribution in [3.63, 3.8) is 0 Å². The van der Waals surface area contributed by atoms with E-state index in [1.165, 1.54) is 70.6 Å². The number of hydrogen-bond acceptors (Lipinski definition) is 0. The maximum Gasteiger partial charge on any atom is -0.0383 e. The molecule has 0 atom stereocenters. The summed E-state index contributed by atoms with van der Waals surface area (Å²) in [7, 11) is 0. The molecule has 1 radical (unpaired) electrons. The van der Waals surface area contributed by atoms with E-state index >= 15 is 0 Å². The Morgan fingerprint density at radius 2 is 0.941 bits per heavy atom. The van der Waals surface area contributed by atoms with E-state index in [0.29, 0.717) is 5.41 Å². The molecule has 0 aliphatic heterocycles. The van der Waals surface area contributed by atoms with Crippen LogP contribution in [0.4, 0.5) is 0 Å². The predicted octanol–water partition coefficient (Wildman–Crippen LogP) is 6.55. The van der Waals surface area contributed by atoms with E-state index in [4.69, 9.17) is 0 Å². The zero-order valence-electron chi connectivity index (χ0n) is 12.7. The third kappa shape index (κ3) is 16.0. The second kappa shape index (κ2) is 11.1. The fraction of sp³-hybridized carbons (Fsp3) is 0.941. The Hall–Kier alpha value is 0. The monoisotopic (exact) mass is 239 g/mol. The van der Waals surface area contributed by atoms with Gasteiger partial charge in [-0.3, -0.25) is 0 Å². The zero-order chi connectivity index (χ0) is 13.0. The van der Waals surface area contributed by atoms with Gasteiger partial charge in [0.15, 0.2) is 0 Å². The summed E-state index contributed by atoms with van der Waals surface area (Å²) in [6.45, 7) is 10.9. The Morgan fingerprint density at radius 3 is 1.29 bits per heavy atom. The fourth-order valence-electron chi connectivity index (χ4n) is 2.25. The summed E-state index contributed by atoms with van der Waals surface area (Å²) in [5.41, 5.74) is 0.536. The van der Waals surface area contributed by atoms with Crippen LogP contribution in [-0.4, -0.2) is 0 Å². The van der Waals surface area contributed by atoms with E-state index in [2.05, 4.69) is 27.7 Å². The molecule has 0 unspecified atom stereocenters. The van der Waals surface area contributed by atoms with Crippen LogP contribution in [-0.2, 0) is 0 Å². The zero-order valence-corrected chi connectivity index (χ0v) is 12.7. The fourth-order valence-corrected chi connectivity index (χ4v) is 2.25. The Kier molecular flexibility index (Phi) is 11.1. The molecule has 0 rings (SSSR count). The first kappa shape index (κ1) is 17.0. The van der Waals surface area contributed by atoms with Crippen LogP contribution in [0.25, 0.3) is 0 Å². The summed E-state index contributed by atoms with van der Waals surface area (Å²) >= 11 is 0. The molecule has 0 fully saturated rings. The highest BCUT2D eigenvalue weighted by atomic mass is 14.1. The molecule has 0 nitrogen and oxygen atoms in total. The minimum absolute atomic E-state index is 0.536. The molecule has 0 aromatic rings. The van der Waals surface area contributed by atoms with Crippen molar-refractivity contribution in [2.24, 2.45) is 5.41 Å². The van der Waals surface area contributed by atoms with Crippen LogP contribution in [0.15, 0.2) is 0 Å². The lowest BCUT2D eigenvalue weighted by molar-refractivity contribution is 0.356. The second-order valence-corrected chi connectivity index (χ2v) is 6.70. The maximum absolute atomic E-state index is 3.88. The Bertz CT molecular complexity index is 141. The van der Waals surface area contributed by atoms with E-state index in [1.54, 1.807) is 0 Å². The summed E-state index contributed by atoms with van der Waals surface area (Å²) in [6, 6.07) is 0. The Morgan fingerprint density at radius 1 is 0.588 bits per heavy atom. The molecular weight excluding hydrogens is 204 g/mol. The van der Waals surface area contributed by atoms with Gasteiger partial charge >= 0.3 is 0 Å². The van der Waals surface area contributed by atoms with Gasteiger partial charge in [-0.1, -0.05) is 98.3 Å². The van der Waals surface area contributed by atoms with Crippen LogP contribution in [0.3, 0.4) is 0 Å². The first-order valence-corrected chi connectivity index (χ1v) is 7.85. The molecule has 0 aliphatic rings. The molecule has 103 valence electrons. The molecular formula is C17H35. The predicted molar refractivity (Wildman–Crippen MR) is 80.2 cm³/mol. The summed E-state index contributed by atoms with van der Waals surface area (Å²) < 4.78 is 0. The van der Waals surface area contributed by atoms with Gasteiger partial charge in [-0.25, -0.2) is 0 Å². The summed E-state index contributed by atoms with van der Waals surface area (Å²) in [6.07, 6.45) is 16.8. The molecule has 0 N–H and O–H groups in total. The van der Waals surface area contributed by atoms with E-state index in [0.717, 1.165) is 6.42 Å². The van der Waals surface area contributed by atoms with E-state index < -0.39 is 0 Å². The standard InChI is InChI=1S/C17H35/c1-5-6-7-8-9-10-11-12-13-14-15-16-17(2,3)4/h1,5-16H2,2-4H3. The lowest BCUT2D eigenvalue weighted by atomic mass is 9.89. The molecule has 0 amide bonds. The molecule has 0 saturated carbocycles. The van der Waals surface area contributed by atoms with Crippen molar-refractivity contribution in [1.29, 1.82) is 0 Å². The van der Waals surface area contributed by atoms with Crippen molar-refractivity contribution in [1.82, 2.24) is 0 Å². The maximum atomic E-state index is 3.88. The third-order valence-electron chi connectivity index (χ3n) is 3.43. The summed E-state index contributed by atoms with van der Waals surface area (Å²) in [5, 5.41) is 0. The molecule has 0 bridgehead atoms. The van der Waals surface area contributed by atoms with Gasteiger partial charge in [0, 0.05) is 0 Å². The van der Waals surface area contributed by atoms with Gasteiger partial charge in [0.25, 0.3) is 0 Å². The van der Waals surface area contributed by atoms with E-state index in [-0.39, 0.29) is 0 Å². The number of hydrogen-bond donors (Lipinski definition) is 0. The summed E-state index contributed by atoms with van der Waals surface area (Å²) in [4.78, 5) is 0. The van der Waals surface area contributed by atoms with Crippen LogP contribution in [0.1, 0.15) is 97.8 Å². The largest absolute Gasteiger partial charge is 0.0602 e. The van der Waals surface area contributed by atoms with Gasteiger partial charge in [-0.05, 0) is 11.8 Å². The van der Waals surface area contributed by atoms with Crippen LogP contribution in [0.2, 0.25) is 0 Å². The molecule has 0 heterocycles. The second-order valence-electron chi connectivity index (χ2n) is 6.70. The molecule has 0 saturated heterocycles. The quantitative estimate of drug-likeness (QED) is 0.359. The van der Waals surface area contributed by atoms with Gasteiger partial charge in [-0.2, -0.15) is 0 Å². The van der Waals surface area contributed by atoms with Gasteiger partial charge in [0.1, 0.15) is 0 Å². The van der Waals surface area contributed by atoms with E-state index in [1.807, 2.05) is 0 Å². The number of rotatable bonds is 11. The van der Waals surface area contributed by atoms with Crippen molar-refractivity contribution in [3.8, 4) is 0 Å². The first-order chi connectivity index (χ1) is 8.06. The van der Waals surface area contributed by atoms with Crippen LogP contribution < -0.4 is 0 Å². The van der Waals surface area contributed by atoms with Gasteiger partial charge in [0.2, 0.25) is 0 Å². The highest BCUT2D eigenvalue weighted by Crippen LogP contribution is 2.22. The molecule has 0 aromatic carbocycles. The topological polar surface area (TPSA) is 0 Å². The van der Waals surface area contributed by atoms with Gasteiger partial charge in [0.05, 0.1) is 0 Å². The highest BCUT2D eigenvalue weighted by molar-refractivity contribution is 4.61. The lowest BCUT2D eigenvalue weighted by Crippen LogP contribution is -2.03. The van der Waals surface area contributed by atoms with Crippen molar-refractivity contribution >= 4 is 0 Å². The number of unbranched alkanes of at least 4 members (excludes halogenated alkanes) is 10. The molecule has 0 aliphatic carbocycles. The molecule has 17 heavy (non-hydrogen) atoms. The van der Waals surface area contributed by atoms with Crippen LogP contribution in [0, 0.1) is 12.3 Å². The van der Waals surface area contributed by atoms with Crippen LogP contribution in [0.5, 0.6) is 0 Å². The van der Waals surface area contributed by atoms with Crippen molar-refractivity contribution in [2.75, 3.05) is 0 Å². The van der Waals surface area contributed by atoms with Gasteiger partial charge < -0.3 is 0 Å². The first-order valence-electron chi connectivity index (χ1n) is 7.85. The Labute approximate surface area is 111 Å². The Balaban J connectivity index is 2.99. The normalized spacial score (nSPS) is 12.0. The average molecular weight is 239 g/mol. The van der Waals surface area contributed by atoms with Crippen LogP contribution >= 0.6 is 0 Å².